The Hall–Kier alpha value is -1.99. The van der Waals surface area contributed by atoms with Crippen LogP contribution in [0.15, 0.2) is 29.6 Å². The summed E-state index contributed by atoms with van der Waals surface area (Å²) in [5.74, 6) is -0.509. The highest BCUT2D eigenvalue weighted by Gasteiger charge is 2.18. The topological polar surface area (TPSA) is 69.4 Å². The van der Waals surface area contributed by atoms with Crippen LogP contribution in [-0.2, 0) is 9.53 Å². The quantitative estimate of drug-likeness (QED) is 0.375. The zero-order valence-electron chi connectivity index (χ0n) is 9.86. The van der Waals surface area contributed by atoms with Gasteiger partial charge in [-0.2, -0.15) is 0 Å². The highest BCUT2D eigenvalue weighted by Crippen LogP contribution is 2.31. The van der Waals surface area contributed by atoms with Crippen LogP contribution in [0.5, 0.6) is 0 Å². The number of nitrogens with zero attached hydrogens (tertiary/aromatic N) is 1. The third-order valence-electron chi connectivity index (χ3n) is 2.27. The number of carbonyl (C=O) groups excluding carboxylic acids is 1. The van der Waals surface area contributed by atoms with Gasteiger partial charge in [0.25, 0.3) is 0 Å². The fourth-order valence-electron chi connectivity index (χ4n) is 1.43. The van der Waals surface area contributed by atoms with E-state index in [1.807, 2.05) is 17.5 Å². The average molecular weight is 295 g/mol. The van der Waals surface area contributed by atoms with E-state index >= 15 is 0 Å². The van der Waals surface area contributed by atoms with Crippen LogP contribution < -0.4 is 0 Å². The maximum absolute atomic E-state index is 11.8. The standard InChI is InChI=1S/C12H9NO4S2/c1-17-12(14)9(7-8-3-2-6-18-8)10-4-5-11(19-10)13(15)16/h2-7H,1H3. The largest absolute Gasteiger partial charge is 0.465 e. The molecule has 0 unspecified atom stereocenters. The molecule has 2 rings (SSSR count). The molecule has 0 saturated carbocycles. The fourth-order valence-corrected chi connectivity index (χ4v) is 2.91. The van der Waals surface area contributed by atoms with Crippen molar-refractivity contribution >= 4 is 45.3 Å². The maximum atomic E-state index is 11.8. The van der Waals surface area contributed by atoms with Gasteiger partial charge in [0.2, 0.25) is 0 Å². The Kier molecular flexibility index (Phi) is 4.08. The molecule has 2 aromatic rings. The highest BCUT2D eigenvalue weighted by molar-refractivity contribution is 7.16. The van der Waals surface area contributed by atoms with E-state index in [0.29, 0.717) is 10.5 Å². The van der Waals surface area contributed by atoms with Crippen molar-refractivity contribution in [2.24, 2.45) is 0 Å². The second-order valence-electron chi connectivity index (χ2n) is 3.46. The molecule has 0 bridgehead atoms. The Morgan fingerprint density at radius 1 is 1.42 bits per heavy atom. The van der Waals surface area contributed by atoms with Crippen molar-refractivity contribution in [3.63, 3.8) is 0 Å². The zero-order valence-corrected chi connectivity index (χ0v) is 11.5. The number of ether oxygens (including phenoxy) is 1. The third-order valence-corrected chi connectivity index (χ3v) is 4.16. The van der Waals surface area contributed by atoms with Crippen LogP contribution in [0.3, 0.4) is 0 Å². The van der Waals surface area contributed by atoms with Gasteiger partial charge in [0, 0.05) is 15.8 Å². The van der Waals surface area contributed by atoms with Crippen LogP contribution in [0.1, 0.15) is 9.75 Å². The zero-order chi connectivity index (χ0) is 13.8. The Morgan fingerprint density at radius 2 is 2.21 bits per heavy atom. The lowest BCUT2D eigenvalue weighted by Gasteiger charge is -2.01. The summed E-state index contributed by atoms with van der Waals surface area (Å²) in [5, 5.41) is 12.6. The first-order chi connectivity index (χ1) is 9.11. The minimum absolute atomic E-state index is 0.00372. The van der Waals surface area contributed by atoms with Gasteiger partial charge in [-0.15, -0.1) is 11.3 Å². The average Bonchev–Trinajstić information content (AvgIpc) is 3.05. The lowest BCUT2D eigenvalue weighted by Crippen LogP contribution is -2.02. The van der Waals surface area contributed by atoms with Crippen LogP contribution in [0.4, 0.5) is 5.00 Å². The van der Waals surface area contributed by atoms with Crippen molar-refractivity contribution in [2.45, 2.75) is 0 Å². The van der Waals surface area contributed by atoms with Crippen molar-refractivity contribution in [2.75, 3.05) is 7.11 Å². The minimum Gasteiger partial charge on any atom is -0.465 e. The first kappa shape index (κ1) is 13.4. The van der Waals surface area contributed by atoms with Crippen molar-refractivity contribution < 1.29 is 14.5 Å². The number of thiophene rings is 2. The summed E-state index contributed by atoms with van der Waals surface area (Å²) in [7, 11) is 1.28. The smallest absolute Gasteiger partial charge is 0.339 e. The molecule has 19 heavy (non-hydrogen) atoms. The Balaban J connectivity index is 2.43. The van der Waals surface area contributed by atoms with Gasteiger partial charge >= 0.3 is 11.0 Å². The number of carbonyl (C=O) groups is 1. The van der Waals surface area contributed by atoms with E-state index in [1.54, 1.807) is 12.1 Å². The normalized spacial score (nSPS) is 11.3. The molecule has 0 spiro atoms. The maximum Gasteiger partial charge on any atom is 0.339 e. The second kappa shape index (κ2) is 5.77. The van der Waals surface area contributed by atoms with Crippen molar-refractivity contribution in [3.8, 4) is 0 Å². The minimum atomic E-state index is -0.509. The van der Waals surface area contributed by atoms with E-state index < -0.39 is 10.9 Å². The van der Waals surface area contributed by atoms with Gasteiger partial charge in [-0.1, -0.05) is 17.4 Å². The lowest BCUT2D eigenvalue weighted by atomic mass is 10.2. The van der Waals surface area contributed by atoms with E-state index in [2.05, 4.69) is 0 Å². The molecule has 0 aliphatic rings. The van der Waals surface area contributed by atoms with Gasteiger partial charge in [-0.25, -0.2) is 4.79 Å². The summed E-state index contributed by atoms with van der Waals surface area (Å²) in [5.41, 5.74) is 0.322. The summed E-state index contributed by atoms with van der Waals surface area (Å²) < 4.78 is 4.72. The van der Waals surface area contributed by atoms with Crippen LogP contribution in [-0.4, -0.2) is 18.0 Å². The molecular formula is C12H9NO4S2. The molecule has 2 aromatic heterocycles. The molecule has 0 saturated heterocycles. The Morgan fingerprint density at radius 3 is 2.74 bits per heavy atom. The predicted octanol–water partition coefficient (Wildman–Crippen LogP) is 3.43. The van der Waals surface area contributed by atoms with E-state index in [4.69, 9.17) is 4.74 Å². The number of hydrogen-bond acceptors (Lipinski definition) is 6. The van der Waals surface area contributed by atoms with E-state index in [0.717, 1.165) is 16.2 Å². The molecular weight excluding hydrogens is 286 g/mol. The van der Waals surface area contributed by atoms with Crippen molar-refractivity contribution in [1.29, 1.82) is 0 Å². The molecule has 0 fully saturated rings. The van der Waals surface area contributed by atoms with Gasteiger partial charge < -0.3 is 4.74 Å². The summed E-state index contributed by atoms with van der Waals surface area (Å²) >= 11 is 2.42. The van der Waals surface area contributed by atoms with Gasteiger partial charge in [-0.05, 0) is 23.6 Å². The molecule has 0 atom stereocenters. The van der Waals surface area contributed by atoms with Crippen molar-refractivity contribution in [1.82, 2.24) is 0 Å². The molecule has 0 N–H and O–H groups in total. The number of esters is 1. The molecule has 2 heterocycles. The predicted molar refractivity (Wildman–Crippen MR) is 75.2 cm³/mol. The monoisotopic (exact) mass is 295 g/mol. The van der Waals surface area contributed by atoms with Gasteiger partial charge in [0.15, 0.2) is 0 Å². The van der Waals surface area contributed by atoms with Gasteiger partial charge in [-0.3, -0.25) is 10.1 Å². The van der Waals surface area contributed by atoms with Crippen molar-refractivity contribution in [3.05, 3.63) is 49.5 Å². The summed E-state index contributed by atoms with van der Waals surface area (Å²) in [6.45, 7) is 0. The molecule has 5 nitrogen and oxygen atoms in total. The molecule has 0 aliphatic carbocycles. The molecule has 0 radical (unpaired) electrons. The summed E-state index contributed by atoms with van der Waals surface area (Å²) in [6, 6.07) is 6.66. The lowest BCUT2D eigenvalue weighted by molar-refractivity contribution is -0.380. The first-order valence-corrected chi connectivity index (χ1v) is 6.89. The third kappa shape index (κ3) is 3.07. The van der Waals surface area contributed by atoms with E-state index in [-0.39, 0.29) is 5.00 Å². The number of nitro groups is 1. The molecule has 0 aromatic carbocycles. The van der Waals surface area contributed by atoms with E-state index in [1.165, 1.54) is 24.5 Å². The van der Waals surface area contributed by atoms with Crippen LogP contribution in [0, 0.1) is 10.1 Å². The van der Waals surface area contributed by atoms with Gasteiger partial charge in [0.1, 0.15) is 0 Å². The fraction of sp³-hybridized carbons (Fsp3) is 0.0833. The number of methoxy groups -OCH3 is 1. The molecule has 7 heteroatoms. The SMILES string of the molecule is COC(=O)C(=Cc1cccs1)c1ccc([N+](=O)[O-])s1. The Bertz CT molecular complexity index is 628. The molecule has 0 amide bonds. The summed E-state index contributed by atoms with van der Waals surface area (Å²) in [6.07, 6.45) is 1.67. The van der Waals surface area contributed by atoms with E-state index in [9.17, 15) is 14.9 Å². The number of hydrogen-bond donors (Lipinski definition) is 0. The summed E-state index contributed by atoms with van der Waals surface area (Å²) in [4.78, 5) is 23.4. The second-order valence-corrected chi connectivity index (χ2v) is 5.50. The first-order valence-electron chi connectivity index (χ1n) is 5.20. The molecule has 0 aliphatic heterocycles. The van der Waals surface area contributed by atoms with Crippen LogP contribution in [0.25, 0.3) is 11.6 Å². The van der Waals surface area contributed by atoms with Crippen LogP contribution >= 0.6 is 22.7 Å². The highest BCUT2D eigenvalue weighted by atomic mass is 32.1. The number of rotatable bonds is 4. The molecule has 98 valence electrons. The van der Waals surface area contributed by atoms with Gasteiger partial charge in [0.05, 0.1) is 17.6 Å². The van der Waals surface area contributed by atoms with Crippen LogP contribution in [0.2, 0.25) is 0 Å². The Labute approximate surface area is 116 Å².